The molecule has 0 N–H and O–H groups in total. The molecule has 0 unspecified atom stereocenters. The van der Waals surface area contributed by atoms with Crippen LogP contribution >= 0.6 is 0 Å². The third kappa shape index (κ3) is 3.87. The molecule has 134 valence electrons. The van der Waals surface area contributed by atoms with Crippen molar-refractivity contribution < 1.29 is 26.3 Å². The Morgan fingerprint density at radius 1 is 0.577 bits per heavy atom. The van der Waals surface area contributed by atoms with E-state index in [-0.39, 0.29) is 17.2 Å². The molecule has 3 rings (SSSR count). The average molecular weight is 367 g/mol. The quantitative estimate of drug-likeness (QED) is 0.474. The van der Waals surface area contributed by atoms with E-state index in [1.165, 1.54) is 12.1 Å². The van der Waals surface area contributed by atoms with Crippen LogP contribution in [0.25, 0.3) is 22.3 Å². The first-order chi connectivity index (χ1) is 12.1. The van der Waals surface area contributed by atoms with E-state index in [2.05, 4.69) is 4.98 Å². The van der Waals surface area contributed by atoms with Crippen LogP contribution < -0.4 is 0 Å². The number of aromatic nitrogens is 1. The highest BCUT2D eigenvalue weighted by Crippen LogP contribution is 2.38. The first kappa shape index (κ1) is 18.0. The topological polar surface area (TPSA) is 12.9 Å². The number of halogens is 6. The molecule has 0 aliphatic heterocycles. The summed E-state index contributed by atoms with van der Waals surface area (Å²) in [6.07, 6.45) is -6.53. The van der Waals surface area contributed by atoms with Gasteiger partial charge in [-0.3, -0.25) is 4.98 Å². The van der Waals surface area contributed by atoms with E-state index in [0.29, 0.717) is 12.1 Å². The first-order valence-corrected chi connectivity index (χ1v) is 7.45. The summed E-state index contributed by atoms with van der Waals surface area (Å²) in [4.78, 5) is 3.97. The van der Waals surface area contributed by atoms with Gasteiger partial charge in [-0.05, 0) is 46.5 Å². The standard InChI is InChI=1S/C19H11F6N/c20-18(21,22)16-8-15(9-17(10-16)19(23,24)25)13-5-3-12(4-6-13)14-2-1-7-26-11-14/h1-11H. The van der Waals surface area contributed by atoms with E-state index in [1.807, 2.05) is 0 Å². The molecule has 1 nitrogen and oxygen atoms in total. The number of benzene rings is 2. The van der Waals surface area contributed by atoms with E-state index in [0.717, 1.165) is 11.1 Å². The van der Waals surface area contributed by atoms with Crippen LogP contribution in [0.1, 0.15) is 11.1 Å². The molecule has 7 heteroatoms. The Morgan fingerprint density at radius 3 is 1.50 bits per heavy atom. The summed E-state index contributed by atoms with van der Waals surface area (Å²) in [5.74, 6) is 0. The number of alkyl halides is 6. The minimum Gasteiger partial charge on any atom is -0.264 e. The largest absolute Gasteiger partial charge is 0.416 e. The lowest BCUT2D eigenvalue weighted by Gasteiger charge is -2.14. The second-order valence-electron chi connectivity index (χ2n) is 5.61. The number of hydrogen-bond donors (Lipinski definition) is 0. The summed E-state index contributed by atoms with van der Waals surface area (Å²) in [5, 5.41) is 0. The third-order valence-corrected chi connectivity index (χ3v) is 3.80. The van der Waals surface area contributed by atoms with Crippen LogP contribution in [-0.4, -0.2) is 4.98 Å². The van der Waals surface area contributed by atoms with Gasteiger partial charge < -0.3 is 0 Å². The zero-order valence-corrected chi connectivity index (χ0v) is 13.1. The van der Waals surface area contributed by atoms with Gasteiger partial charge in [0.1, 0.15) is 0 Å². The van der Waals surface area contributed by atoms with Gasteiger partial charge in [0.05, 0.1) is 11.1 Å². The second-order valence-corrected chi connectivity index (χ2v) is 5.61. The minimum atomic E-state index is -4.87. The summed E-state index contributed by atoms with van der Waals surface area (Å²) < 4.78 is 77.8. The van der Waals surface area contributed by atoms with Crippen LogP contribution in [-0.2, 0) is 12.4 Å². The molecule has 0 aliphatic carbocycles. The molecule has 2 aromatic carbocycles. The molecule has 26 heavy (non-hydrogen) atoms. The molecule has 0 fully saturated rings. The van der Waals surface area contributed by atoms with E-state index >= 15 is 0 Å². The fraction of sp³-hybridized carbons (Fsp3) is 0.105. The summed E-state index contributed by atoms with van der Waals surface area (Å²) in [5.41, 5.74) is -1.01. The summed E-state index contributed by atoms with van der Waals surface area (Å²) >= 11 is 0. The van der Waals surface area contributed by atoms with Crippen molar-refractivity contribution in [1.82, 2.24) is 4.98 Å². The van der Waals surface area contributed by atoms with Crippen LogP contribution in [0.2, 0.25) is 0 Å². The summed E-state index contributed by atoms with van der Waals surface area (Å²) in [7, 11) is 0. The van der Waals surface area contributed by atoms with Crippen molar-refractivity contribution >= 4 is 0 Å². The lowest BCUT2D eigenvalue weighted by molar-refractivity contribution is -0.143. The molecular formula is C19H11F6N. The van der Waals surface area contributed by atoms with Gasteiger partial charge in [0.25, 0.3) is 0 Å². The molecule has 0 saturated carbocycles. The van der Waals surface area contributed by atoms with Crippen molar-refractivity contribution in [2.75, 3.05) is 0 Å². The minimum absolute atomic E-state index is 0.119. The van der Waals surface area contributed by atoms with Gasteiger partial charge >= 0.3 is 12.4 Å². The maximum Gasteiger partial charge on any atom is 0.416 e. The van der Waals surface area contributed by atoms with Crippen molar-refractivity contribution in [3.63, 3.8) is 0 Å². The molecule has 1 heterocycles. The highest BCUT2D eigenvalue weighted by Gasteiger charge is 2.36. The Kier molecular flexibility index (Phi) is 4.48. The highest BCUT2D eigenvalue weighted by atomic mass is 19.4. The number of nitrogens with zero attached hydrogens (tertiary/aromatic N) is 1. The Bertz CT molecular complexity index is 864. The van der Waals surface area contributed by atoms with Gasteiger partial charge in [0.2, 0.25) is 0 Å². The molecule has 3 aromatic rings. The maximum absolute atomic E-state index is 13.0. The zero-order chi connectivity index (χ0) is 18.9. The molecule has 0 atom stereocenters. The Balaban J connectivity index is 2.06. The van der Waals surface area contributed by atoms with Crippen LogP contribution in [0.3, 0.4) is 0 Å². The van der Waals surface area contributed by atoms with Crippen molar-refractivity contribution in [3.05, 3.63) is 78.1 Å². The van der Waals surface area contributed by atoms with Crippen molar-refractivity contribution in [3.8, 4) is 22.3 Å². The van der Waals surface area contributed by atoms with Gasteiger partial charge in [-0.25, -0.2) is 0 Å². The maximum atomic E-state index is 13.0. The average Bonchev–Trinajstić information content (AvgIpc) is 2.61. The molecule has 0 spiro atoms. The van der Waals surface area contributed by atoms with E-state index in [9.17, 15) is 26.3 Å². The van der Waals surface area contributed by atoms with Gasteiger partial charge in [-0.15, -0.1) is 0 Å². The smallest absolute Gasteiger partial charge is 0.264 e. The molecular weight excluding hydrogens is 356 g/mol. The van der Waals surface area contributed by atoms with Gasteiger partial charge in [0, 0.05) is 12.4 Å². The number of hydrogen-bond acceptors (Lipinski definition) is 1. The zero-order valence-electron chi connectivity index (χ0n) is 13.1. The molecule has 0 amide bonds. The van der Waals surface area contributed by atoms with Crippen molar-refractivity contribution in [2.45, 2.75) is 12.4 Å². The number of rotatable bonds is 2. The first-order valence-electron chi connectivity index (χ1n) is 7.45. The van der Waals surface area contributed by atoms with Crippen molar-refractivity contribution in [1.29, 1.82) is 0 Å². The molecule has 0 saturated heterocycles. The Hall–Kier alpha value is -2.83. The SMILES string of the molecule is FC(F)(F)c1cc(-c2ccc(-c3cccnc3)cc2)cc(C(F)(F)F)c1. The fourth-order valence-corrected chi connectivity index (χ4v) is 2.51. The van der Waals surface area contributed by atoms with E-state index in [1.54, 1.807) is 36.7 Å². The lowest BCUT2D eigenvalue weighted by Crippen LogP contribution is -2.11. The van der Waals surface area contributed by atoms with Crippen LogP contribution in [0.15, 0.2) is 67.0 Å². The Labute approximate surface area is 144 Å². The fourth-order valence-electron chi connectivity index (χ4n) is 2.51. The number of pyridine rings is 1. The van der Waals surface area contributed by atoms with Crippen LogP contribution in [0.4, 0.5) is 26.3 Å². The van der Waals surface area contributed by atoms with Gasteiger partial charge in [-0.1, -0.05) is 30.3 Å². The molecule has 1 aromatic heterocycles. The van der Waals surface area contributed by atoms with Crippen LogP contribution in [0, 0.1) is 0 Å². The summed E-state index contributed by atoms with van der Waals surface area (Å²) in [6, 6.07) is 11.3. The van der Waals surface area contributed by atoms with E-state index < -0.39 is 23.5 Å². The van der Waals surface area contributed by atoms with Gasteiger partial charge in [-0.2, -0.15) is 26.3 Å². The van der Waals surface area contributed by atoms with Crippen LogP contribution in [0.5, 0.6) is 0 Å². The van der Waals surface area contributed by atoms with Crippen molar-refractivity contribution in [2.24, 2.45) is 0 Å². The van der Waals surface area contributed by atoms with Gasteiger partial charge in [0.15, 0.2) is 0 Å². The molecule has 0 radical (unpaired) electrons. The summed E-state index contributed by atoms with van der Waals surface area (Å²) in [6.45, 7) is 0. The molecule has 0 aliphatic rings. The second kappa shape index (κ2) is 6.48. The molecule has 0 bridgehead atoms. The third-order valence-electron chi connectivity index (χ3n) is 3.80. The Morgan fingerprint density at radius 2 is 1.08 bits per heavy atom. The predicted molar refractivity (Wildman–Crippen MR) is 85.1 cm³/mol. The predicted octanol–water partition coefficient (Wildman–Crippen LogP) is 6.45. The monoisotopic (exact) mass is 367 g/mol. The lowest BCUT2D eigenvalue weighted by atomic mass is 9.97. The normalized spacial score (nSPS) is 12.2. The highest BCUT2D eigenvalue weighted by molar-refractivity contribution is 5.71. The van der Waals surface area contributed by atoms with E-state index in [4.69, 9.17) is 0 Å².